The Morgan fingerprint density at radius 3 is 2.67 bits per heavy atom. The molecular formula is C12H15NO2. The van der Waals surface area contributed by atoms with E-state index in [1.807, 2.05) is 26.1 Å². The van der Waals surface area contributed by atoms with E-state index < -0.39 is 5.97 Å². The molecule has 80 valence electrons. The fourth-order valence-electron chi connectivity index (χ4n) is 1.77. The van der Waals surface area contributed by atoms with E-state index in [1.165, 1.54) is 12.8 Å². The van der Waals surface area contributed by atoms with E-state index in [1.54, 1.807) is 6.07 Å². The van der Waals surface area contributed by atoms with Crippen LogP contribution in [-0.4, -0.2) is 24.2 Å². The molecule has 1 saturated carbocycles. The Morgan fingerprint density at radius 1 is 1.47 bits per heavy atom. The number of aromatic carboxylic acids is 1. The molecule has 0 unspecified atom stereocenters. The Morgan fingerprint density at radius 2 is 2.13 bits per heavy atom. The third-order valence-corrected chi connectivity index (χ3v) is 2.86. The van der Waals surface area contributed by atoms with Crippen molar-refractivity contribution >= 4 is 11.7 Å². The fourth-order valence-corrected chi connectivity index (χ4v) is 1.77. The zero-order valence-electron chi connectivity index (χ0n) is 9.03. The van der Waals surface area contributed by atoms with Gasteiger partial charge in [0.2, 0.25) is 0 Å². The molecule has 1 N–H and O–H groups in total. The number of nitrogens with zero attached hydrogens (tertiary/aromatic N) is 1. The summed E-state index contributed by atoms with van der Waals surface area (Å²) in [4.78, 5) is 13.1. The van der Waals surface area contributed by atoms with Crippen LogP contribution in [0.2, 0.25) is 0 Å². The topological polar surface area (TPSA) is 40.5 Å². The van der Waals surface area contributed by atoms with Gasteiger partial charge in [0.05, 0.1) is 11.3 Å². The van der Waals surface area contributed by atoms with Crippen molar-refractivity contribution in [3.63, 3.8) is 0 Å². The van der Waals surface area contributed by atoms with Gasteiger partial charge in [-0.15, -0.1) is 0 Å². The van der Waals surface area contributed by atoms with E-state index in [9.17, 15) is 4.79 Å². The molecule has 1 aliphatic rings. The van der Waals surface area contributed by atoms with Crippen LogP contribution < -0.4 is 4.90 Å². The molecule has 0 atom stereocenters. The van der Waals surface area contributed by atoms with E-state index >= 15 is 0 Å². The van der Waals surface area contributed by atoms with Crippen molar-refractivity contribution in [2.75, 3.05) is 11.9 Å². The summed E-state index contributed by atoms with van der Waals surface area (Å²) in [5, 5.41) is 9.08. The molecule has 0 spiro atoms. The third-order valence-electron chi connectivity index (χ3n) is 2.86. The minimum Gasteiger partial charge on any atom is -0.478 e. The largest absolute Gasteiger partial charge is 0.478 e. The Labute approximate surface area is 89.3 Å². The number of benzene rings is 1. The van der Waals surface area contributed by atoms with Crippen molar-refractivity contribution in [2.45, 2.75) is 25.8 Å². The molecule has 1 aromatic carbocycles. The molecule has 15 heavy (non-hydrogen) atoms. The summed E-state index contributed by atoms with van der Waals surface area (Å²) in [6.07, 6.45) is 2.34. The number of aryl methyl sites for hydroxylation is 1. The monoisotopic (exact) mass is 205 g/mol. The predicted molar refractivity (Wildman–Crippen MR) is 59.6 cm³/mol. The first kappa shape index (κ1) is 10.0. The van der Waals surface area contributed by atoms with Gasteiger partial charge >= 0.3 is 5.97 Å². The quantitative estimate of drug-likeness (QED) is 0.823. The molecule has 0 saturated heterocycles. The second-order valence-corrected chi connectivity index (χ2v) is 4.17. The highest BCUT2D eigenvalue weighted by atomic mass is 16.4. The normalized spacial score (nSPS) is 15.1. The van der Waals surface area contributed by atoms with Crippen molar-refractivity contribution in [3.8, 4) is 0 Å². The van der Waals surface area contributed by atoms with Gasteiger partial charge < -0.3 is 10.0 Å². The van der Waals surface area contributed by atoms with E-state index in [4.69, 9.17) is 5.11 Å². The number of carboxylic acids is 1. The van der Waals surface area contributed by atoms with Crippen molar-refractivity contribution in [2.24, 2.45) is 0 Å². The molecule has 1 aromatic rings. The lowest BCUT2D eigenvalue weighted by molar-refractivity contribution is 0.0697. The average Bonchev–Trinajstić information content (AvgIpc) is 2.99. The molecule has 2 rings (SSSR count). The Bertz CT molecular complexity index is 397. The summed E-state index contributed by atoms with van der Waals surface area (Å²) in [5.74, 6) is -0.850. The van der Waals surface area contributed by atoms with Gasteiger partial charge in [-0.3, -0.25) is 0 Å². The van der Waals surface area contributed by atoms with Crippen LogP contribution in [0.5, 0.6) is 0 Å². The minimum absolute atomic E-state index is 0.398. The fraction of sp³-hybridized carbons (Fsp3) is 0.417. The highest BCUT2D eigenvalue weighted by molar-refractivity contribution is 5.94. The summed E-state index contributed by atoms with van der Waals surface area (Å²) in [6.45, 7) is 1.98. The van der Waals surface area contributed by atoms with Gasteiger partial charge in [0, 0.05) is 13.1 Å². The summed E-state index contributed by atoms with van der Waals surface area (Å²) in [7, 11) is 1.97. The van der Waals surface area contributed by atoms with Crippen molar-refractivity contribution in [3.05, 3.63) is 29.3 Å². The Hall–Kier alpha value is -1.51. The molecule has 0 aliphatic heterocycles. The van der Waals surface area contributed by atoms with Crippen LogP contribution in [0, 0.1) is 6.92 Å². The van der Waals surface area contributed by atoms with Gasteiger partial charge in [0.25, 0.3) is 0 Å². The summed E-state index contributed by atoms with van der Waals surface area (Å²) >= 11 is 0. The Balaban J connectivity index is 2.41. The van der Waals surface area contributed by atoms with Gasteiger partial charge in [-0.1, -0.05) is 6.07 Å². The van der Waals surface area contributed by atoms with Crippen LogP contribution >= 0.6 is 0 Å². The molecule has 0 heterocycles. The zero-order chi connectivity index (χ0) is 11.0. The number of carboxylic acid groups (broad SMARTS) is 1. The molecule has 3 heteroatoms. The van der Waals surface area contributed by atoms with Crippen LogP contribution in [0.15, 0.2) is 18.2 Å². The summed E-state index contributed by atoms with van der Waals surface area (Å²) in [5.41, 5.74) is 2.34. The standard InChI is InChI=1S/C12H15NO2/c1-8-3-6-10(12(14)15)11(7-8)13(2)9-4-5-9/h3,6-7,9H,4-5H2,1-2H3,(H,14,15). The predicted octanol–water partition coefficient (Wildman–Crippen LogP) is 2.29. The lowest BCUT2D eigenvalue weighted by Crippen LogP contribution is -2.22. The zero-order valence-corrected chi connectivity index (χ0v) is 9.03. The van der Waals surface area contributed by atoms with Gasteiger partial charge in [0.15, 0.2) is 0 Å². The van der Waals surface area contributed by atoms with E-state index in [2.05, 4.69) is 4.90 Å². The second-order valence-electron chi connectivity index (χ2n) is 4.17. The molecule has 3 nitrogen and oxygen atoms in total. The number of anilines is 1. The number of hydrogen-bond acceptors (Lipinski definition) is 2. The minimum atomic E-state index is -0.850. The number of rotatable bonds is 3. The van der Waals surface area contributed by atoms with Crippen LogP contribution in [0.1, 0.15) is 28.8 Å². The van der Waals surface area contributed by atoms with E-state index in [0.717, 1.165) is 11.3 Å². The van der Waals surface area contributed by atoms with Crippen LogP contribution in [0.4, 0.5) is 5.69 Å². The van der Waals surface area contributed by atoms with Gasteiger partial charge in [0.1, 0.15) is 0 Å². The molecule has 0 radical (unpaired) electrons. The molecule has 0 bridgehead atoms. The first-order valence-corrected chi connectivity index (χ1v) is 5.16. The van der Waals surface area contributed by atoms with Gasteiger partial charge in [-0.2, -0.15) is 0 Å². The van der Waals surface area contributed by atoms with E-state index in [0.29, 0.717) is 11.6 Å². The van der Waals surface area contributed by atoms with Crippen LogP contribution in [0.3, 0.4) is 0 Å². The first-order valence-electron chi connectivity index (χ1n) is 5.16. The molecule has 0 aromatic heterocycles. The maximum absolute atomic E-state index is 11.1. The number of hydrogen-bond donors (Lipinski definition) is 1. The third kappa shape index (κ3) is 1.96. The van der Waals surface area contributed by atoms with Crippen LogP contribution in [0.25, 0.3) is 0 Å². The summed E-state index contributed by atoms with van der Waals surface area (Å²) < 4.78 is 0. The van der Waals surface area contributed by atoms with Gasteiger partial charge in [-0.05, 0) is 37.5 Å². The SMILES string of the molecule is Cc1ccc(C(=O)O)c(N(C)C2CC2)c1. The second kappa shape index (κ2) is 3.57. The summed E-state index contributed by atoms with van der Waals surface area (Å²) in [6, 6.07) is 6.01. The average molecular weight is 205 g/mol. The molecule has 1 fully saturated rings. The lowest BCUT2D eigenvalue weighted by atomic mass is 10.1. The molecule has 1 aliphatic carbocycles. The lowest BCUT2D eigenvalue weighted by Gasteiger charge is -2.21. The van der Waals surface area contributed by atoms with Crippen molar-refractivity contribution in [1.29, 1.82) is 0 Å². The smallest absolute Gasteiger partial charge is 0.337 e. The molecule has 0 amide bonds. The maximum atomic E-state index is 11.1. The maximum Gasteiger partial charge on any atom is 0.337 e. The van der Waals surface area contributed by atoms with Crippen molar-refractivity contribution < 1.29 is 9.90 Å². The number of carbonyl (C=O) groups is 1. The van der Waals surface area contributed by atoms with E-state index in [-0.39, 0.29) is 0 Å². The highest BCUT2D eigenvalue weighted by Crippen LogP contribution is 2.32. The van der Waals surface area contributed by atoms with Crippen molar-refractivity contribution in [1.82, 2.24) is 0 Å². The molecular weight excluding hydrogens is 190 g/mol. The van der Waals surface area contributed by atoms with Gasteiger partial charge in [-0.25, -0.2) is 4.79 Å². The Kier molecular flexibility index (Phi) is 2.39. The van der Waals surface area contributed by atoms with Crippen LogP contribution in [-0.2, 0) is 0 Å². The first-order chi connectivity index (χ1) is 7.09. The highest BCUT2D eigenvalue weighted by Gasteiger charge is 2.28.